The highest BCUT2D eigenvalue weighted by Gasteiger charge is 2.18. The molecule has 1 N–H and O–H groups in total. The molecule has 0 saturated carbocycles. The van der Waals surface area contributed by atoms with Crippen molar-refractivity contribution in [3.8, 4) is 0 Å². The van der Waals surface area contributed by atoms with Gasteiger partial charge >= 0.3 is 0 Å². The first-order chi connectivity index (χ1) is 6.09. The average molecular weight is 186 g/mol. The Kier molecular flexibility index (Phi) is 4.16. The summed E-state index contributed by atoms with van der Waals surface area (Å²) in [7, 11) is 0. The molecule has 3 nitrogen and oxygen atoms in total. The summed E-state index contributed by atoms with van der Waals surface area (Å²) in [5, 5.41) is 9.22. The standard InChI is InChI=1S/C10H22N2O/c1-9(2)12-6-4-11(5-7-12)8-10(3)13/h9-10,13H,4-8H2,1-3H3. The molecule has 1 aliphatic rings. The third kappa shape index (κ3) is 3.63. The summed E-state index contributed by atoms with van der Waals surface area (Å²) in [6.07, 6.45) is -0.189. The van der Waals surface area contributed by atoms with Gasteiger partial charge in [-0.05, 0) is 20.8 Å². The van der Waals surface area contributed by atoms with Crippen LogP contribution in [0.1, 0.15) is 20.8 Å². The maximum Gasteiger partial charge on any atom is 0.0639 e. The highest BCUT2D eigenvalue weighted by molar-refractivity contribution is 4.74. The zero-order valence-corrected chi connectivity index (χ0v) is 9.03. The molecular weight excluding hydrogens is 164 g/mol. The average Bonchev–Trinajstić information content (AvgIpc) is 2.04. The molecule has 0 bridgehead atoms. The summed E-state index contributed by atoms with van der Waals surface area (Å²) in [4.78, 5) is 4.82. The molecule has 0 spiro atoms. The molecule has 0 amide bonds. The lowest BCUT2D eigenvalue weighted by Crippen LogP contribution is -2.50. The van der Waals surface area contributed by atoms with Crippen molar-refractivity contribution in [3.05, 3.63) is 0 Å². The van der Waals surface area contributed by atoms with Crippen LogP contribution in [-0.2, 0) is 0 Å². The number of piperazine rings is 1. The molecule has 0 aromatic rings. The van der Waals surface area contributed by atoms with Crippen LogP contribution in [0.2, 0.25) is 0 Å². The van der Waals surface area contributed by atoms with Crippen molar-refractivity contribution in [2.24, 2.45) is 0 Å². The second-order valence-electron chi connectivity index (χ2n) is 4.28. The van der Waals surface area contributed by atoms with Gasteiger partial charge in [0.05, 0.1) is 6.10 Å². The summed E-state index contributed by atoms with van der Waals surface area (Å²) in [6, 6.07) is 0.661. The maximum atomic E-state index is 9.22. The highest BCUT2D eigenvalue weighted by Crippen LogP contribution is 2.05. The van der Waals surface area contributed by atoms with E-state index in [-0.39, 0.29) is 6.10 Å². The molecule has 0 aromatic heterocycles. The van der Waals surface area contributed by atoms with E-state index in [1.165, 1.54) is 0 Å². The zero-order chi connectivity index (χ0) is 9.84. The van der Waals surface area contributed by atoms with E-state index >= 15 is 0 Å². The normalized spacial score (nSPS) is 23.8. The van der Waals surface area contributed by atoms with Gasteiger partial charge in [0.25, 0.3) is 0 Å². The van der Waals surface area contributed by atoms with Crippen LogP contribution in [0.5, 0.6) is 0 Å². The monoisotopic (exact) mass is 186 g/mol. The first-order valence-corrected chi connectivity index (χ1v) is 5.24. The smallest absolute Gasteiger partial charge is 0.0639 e. The molecule has 13 heavy (non-hydrogen) atoms. The molecule has 1 atom stereocenters. The number of nitrogens with zero attached hydrogens (tertiary/aromatic N) is 2. The van der Waals surface area contributed by atoms with E-state index in [1.807, 2.05) is 6.92 Å². The van der Waals surface area contributed by atoms with Crippen LogP contribution < -0.4 is 0 Å². The Hall–Kier alpha value is -0.120. The molecule has 0 radical (unpaired) electrons. The summed E-state index contributed by atoms with van der Waals surface area (Å²) in [5.41, 5.74) is 0. The molecule has 1 aliphatic heterocycles. The number of hydrogen-bond acceptors (Lipinski definition) is 3. The minimum Gasteiger partial charge on any atom is -0.392 e. The van der Waals surface area contributed by atoms with Crippen LogP contribution in [0.15, 0.2) is 0 Å². The van der Waals surface area contributed by atoms with E-state index in [1.54, 1.807) is 0 Å². The van der Waals surface area contributed by atoms with Crippen LogP contribution in [0.4, 0.5) is 0 Å². The van der Waals surface area contributed by atoms with E-state index in [2.05, 4.69) is 23.6 Å². The lowest BCUT2D eigenvalue weighted by Gasteiger charge is -2.37. The molecule has 78 valence electrons. The lowest BCUT2D eigenvalue weighted by atomic mass is 10.2. The first kappa shape index (κ1) is 11.0. The van der Waals surface area contributed by atoms with Gasteiger partial charge in [0.1, 0.15) is 0 Å². The van der Waals surface area contributed by atoms with Crippen molar-refractivity contribution >= 4 is 0 Å². The summed E-state index contributed by atoms with van der Waals surface area (Å²) in [6.45, 7) is 11.6. The van der Waals surface area contributed by atoms with E-state index in [0.29, 0.717) is 6.04 Å². The lowest BCUT2D eigenvalue weighted by molar-refractivity contribution is 0.0690. The van der Waals surface area contributed by atoms with Crippen molar-refractivity contribution < 1.29 is 5.11 Å². The fraction of sp³-hybridized carbons (Fsp3) is 1.00. The first-order valence-electron chi connectivity index (χ1n) is 5.24. The summed E-state index contributed by atoms with van der Waals surface area (Å²) >= 11 is 0. The zero-order valence-electron chi connectivity index (χ0n) is 9.03. The molecule has 3 heteroatoms. The van der Waals surface area contributed by atoms with E-state index in [4.69, 9.17) is 0 Å². The molecule has 1 unspecified atom stereocenters. The van der Waals surface area contributed by atoms with E-state index < -0.39 is 0 Å². The Bertz CT molecular complexity index is 140. The highest BCUT2D eigenvalue weighted by atomic mass is 16.3. The Labute approximate surface area is 81.3 Å². The van der Waals surface area contributed by atoms with Crippen LogP contribution in [-0.4, -0.2) is 59.8 Å². The number of rotatable bonds is 3. The third-order valence-electron chi connectivity index (χ3n) is 2.66. The Morgan fingerprint density at radius 1 is 1.08 bits per heavy atom. The molecule has 0 aliphatic carbocycles. The van der Waals surface area contributed by atoms with Gasteiger partial charge in [-0.1, -0.05) is 0 Å². The maximum absolute atomic E-state index is 9.22. The van der Waals surface area contributed by atoms with Gasteiger partial charge in [-0.3, -0.25) is 9.80 Å². The molecular formula is C10H22N2O. The van der Waals surface area contributed by atoms with Gasteiger partial charge in [-0.2, -0.15) is 0 Å². The molecule has 1 heterocycles. The predicted octanol–water partition coefficient (Wildman–Crippen LogP) is 0.393. The number of hydrogen-bond donors (Lipinski definition) is 1. The van der Waals surface area contributed by atoms with Gasteiger partial charge < -0.3 is 5.11 Å². The van der Waals surface area contributed by atoms with Crippen LogP contribution >= 0.6 is 0 Å². The van der Waals surface area contributed by atoms with Crippen molar-refractivity contribution in [2.45, 2.75) is 32.9 Å². The van der Waals surface area contributed by atoms with Gasteiger partial charge in [0, 0.05) is 38.8 Å². The predicted molar refractivity (Wildman–Crippen MR) is 54.8 cm³/mol. The Morgan fingerprint density at radius 2 is 1.62 bits per heavy atom. The second-order valence-corrected chi connectivity index (χ2v) is 4.28. The fourth-order valence-corrected chi connectivity index (χ4v) is 1.84. The summed E-state index contributed by atoms with van der Waals surface area (Å²) in [5.74, 6) is 0. The number of β-amino-alcohol motifs (C(OH)–C–C–N with tert-alkyl or cyclic N) is 1. The Morgan fingerprint density at radius 3 is 2.00 bits per heavy atom. The number of aliphatic hydroxyl groups is 1. The molecule has 1 rings (SSSR count). The summed E-state index contributed by atoms with van der Waals surface area (Å²) < 4.78 is 0. The van der Waals surface area contributed by atoms with Crippen molar-refractivity contribution in [1.29, 1.82) is 0 Å². The molecule has 1 fully saturated rings. The second kappa shape index (κ2) is 4.94. The SMILES string of the molecule is CC(O)CN1CCN(C(C)C)CC1. The van der Waals surface area contributed by atoms with Gasteiger partial charge in [0.2, 0.25) is 0 Å². The van der Waals surface area contributed by atoms with E-state index in [9.17, 15) is 5.11 Å². The number of aliphatic hydroxyl groups excluding tert-OH is 1. The van der Waals surface area contributed by atoms with Crippen LogP contribution in [0.3, 0.4) is 0 Å². The van der Waals surface area contributed by atoms with Crippen molar-refractivity contribution in [1.82, 2.24) is 9.80 Å². The largest absolute Gasteiger partial charge is 0.392 e. The topological polar surface area (TPSA) is 26.7 Å². The van der Waals surface area contributed by atoms with Crippen LogP contribution in [0, 0.1) is 0 Å². The molecule has 0 aromatic carbocycles. The van der Waals surface area contributed by atoms with Gasteiger partial charge in [-0.15, -0.1) is 0 Å². The van der Waals surface area contributed by atoms with E-state index in [0.717, 1.165) is 32.7 Å². The van der Waals surface area contributed by atoms with Crippen molar-refractivity contribution in [2.75, 3.05) is 32.7 Å². The fourth-order valence-electron chi connectivity index (χ4n) is 1.84. The third-order valence-corrected chi connectivity index (χ3v) is 2.66. The van der Waals surface area contributed by atoms with Crippen molar-refractivity contribution in [3.63, 3.8) is 0 Å². The quantitative estimate of drug-likeness (QED) is 0.691. The Balaban J connectivity index is 2.22. The minimum atomic E-state index is -0.189. The molecule has 1 saturated heterocycles. The minimum absolute atomic E-state index is 0.189. The van der Waals surface area contributed by atoms with Gasteiger partial charge in [0.15, 0.2) is 0 Å². The van der Waals surface area contributed by atoms with Crippen LogP contribution in [0.25, 0.3) is 0 Å². The van der Waals surface area contributed by atoms with Gasteiger partial charge in [-0.25, -0.2) is 0 Å².